The number of aliphatic hydroxyl groups is 1. The largest absolute Gasteiger partial charge is 0.465 e. The average molecular weight is 186 g/mol. The number of carboxylic acid groups (broad SMARTS) is 1. The molecule has 2 saturated heterocycles. The van der Waals surface area contributed by atoms with E-state index in [0.29, 0.717) is 13.1 Å². The number of hydrogen-bond donors (Lipinski definition) is 3. The van der Waals surface area contributed by atoms with Gasteiger partial charge in [0, 0.05) is 24.5 Å². The summed E-state index contributed by atoms with van der Waals surface area (Å²) in [5, 5.41) is 21.2. The van der Waals surface area contributed by atoms with Crippen molar-refractivity contribution in [2.24, 2.45) is 5.41 Å². The first-order chi connectivity index (χ1) is 6.08. The molecule has 2 aliphatic rings. The predicted octanol–water partition coefficient (Wildman–Crippen LogP) is -0.681. The molecular weight excluding hydrogens is 172 g/mol. The number of likely N-dealkylation sites (tertiary alicyclic amines) is 1. The van der Waals surface area contributed by atoms with Crippen LogP contribution in [-0.2, 0) is 0 Å². The summed E-state index contributed by atoms with van der Waals surface area (Å²) in [6.45, 7) is 3.10. The fourth-order valence-electron chi connectivity index (χ4n) is 2.30. The van der Waals surface area contributed by atoms with E-state index < -0.39 is 6.09 Å². The van der Waals surface area contributed by atoms with Crippen molar-refractivity contribution in [2.45, 2.75) is 19.0 Å². The smallest absolute Gasteiger partial charge is 0.407 e. The van der Waals surface area contributed by atoms with E-state index in [-0.39, 0.29) is 24.1 Å². The number of hydrogen-bond acceptors (Lipinski definition) is 3. The number of carbonyl (C=O) groups is 1. The maximum absolute atomic E-state index is 10.8. The minimum Gasteiger partial charge on any atom is -0.465 e. The second-order valence-electron chi connectivity index (χ2n) is 4.18. The summed E-state index contributed by atoms with van der Waals surface area (Å²) in [5.74, 6) is 0. The van der Waals surface area contributed by atoms with Crippen molar-refractivity contribution in [1.82, 2.24) is 10.2 Å². The lowest BCUT2D eigenvalue weighted by molar-refractivity contribution is 0.101. The predicted molar refractivity (Wildman–Crippen MR) is 45.5 cm³/mol. The van der Waals surface area contributed by atoms with Crippen LogP contribution in [0.3, 0.4) is 0 Å². The third-order valence-corrected chi connectivity index (χ3v) is 3.22. The van der Waals surface area contributed by atoms with E-state index in [1.54, 1.807) is 0 Å². The third kappa shape index (κ3) is 1.04. The van der Waals surface area contributed by atoms with Gasteiger partial charge in [-0.15, -0.1) is 0 Å². The van der Waals surface area contributed by atoms with Gasteiger partial charge in [-0.05, 0) is 0 Å². The summed E-state index contributed by atoms with van der Waals surface area (Å²) in [6, 6.07) is 0.197. The van der Waals surface area contributed by atoms with Crippen LogP contribution in [0.1, 0.15) is 6.92 Å². The zero-order valence-corrected chi connectivity index (χ0v) is 7.53. The van der Waals surface area contributed by atoms with Gasteiger partial charge < -0.3 is 20.4 Å². The maximum atomic E-state index is 10.8. The second-order valence-corrected chi connectivity index (χ2v) is 4.18. The Labute approximate surface area is 76.3 Å². The van der Waals surface area contributed by atoms with Crippen molar-refractivity contribution < 1.29 is 15.0 Å². The number of nitrogens with one attached hydrogen (secondary N) is 1. The lowest BCUT2D eigenvalue weighted by atomic mass is 9.80. The molecule has 5 heteroatoms. The molecule has 0 radical (unpaired) electrons. The minimum atomic E-state index is -0.881. The summed E-state index contributed by atoms with van der Waals surface area (Å²) in [7, 11) is 0. The molecule has 5 nitrogen and oxygen atoms in total. The molecule has 0 aliphatic carbocycles. The van der Waals surface area contributed by atoms with Crippen LogP contribution in [0, 0.1) is 5.41 Å². The molecule has 0 bridgehead atoms. The lowest BCUT2D eigenvalue weighted by Gasteiger charge is -2.40. The second kappa shape index (κ2) is 2.59. The van der Waals surface area contributed by atoms with E-state index in [1.807, 2.05) is 6.92 Å². The summed E-state index contributed by atoms with van der Waals surface area (Å²) in [5.41, 5.74) is -0.304. The Morgan fingerprint density at radius 1 is 1.77 bits per heavy atom. The third-order valence-electron chi connectivity index (χ3n) is 3.22. The molecule has 2 heterocycles. The molecule has 2 rings (SSSR count). The minimum absolute atomic E-state index is 0.0327. The van der Waals surface area contributed by atoms with E-state index in [9.17, 15) is 9.90 Å². The number of rotatable bonds is 1. The molecule has 1 amide bonds. The van der Waals surface area contributed by atoms with Crippen LogP contribution in [0.4, 0.5) is 4.79 Å². The van der Waals surface area contributed by atoms with E-state index in [0.717, 1.165) is 0 Å². The highest BCUT2D eigenvalue weighted by Gasteiger charge is 2.55. The molecule has 0 saturated carbocycles. The molecule has 3 atom stereocenters. The van der Waals surface area contributed by atoms with Gasteiger partial charge in [0.2, 0.25) is 0 Å². The number of nitrogens with zero attached hydrogens (tertiary/aromatic N) is 1. The van der Waals surface area contributed by atoms with E-state index in [4.69, 9.17) is 5.11 Å². The van der Waals surface area contributed by atoms with Crippen molar-refractivity contribution in [3.05, 3.63) is 0 Å². The number of amides is 1. The summed E-state index contributed by atoms with van der Waals surface area (Å²) in [4.78, 5) is 12.2. The average Bonchev–Trinajstić information content (AvgIpc) is 2.19. The number of aliphatic hydroxyl groups excluding tert-OH is 1. The Morgan fingerprint density at radius 2 is 2.46 bits per heavy atom. The zero-order valence-electron chi connectivity index (χ0n) is 7.53. The topological polar surface area (TPSA) is 72.8 Å². The lowest BCUT2D eigenvalue weighted by Crippen LogP contribution is -2.63. The maximum Gasteiger partial charge on any atom is 0.407 e. The number of fused-ring (bicyclic) bond motifs is 1. The standard InChI is InChI=1S/C8H14N2O3/c1-8(4-11)3-10(7(12)13)5-2-9-6(5)8/h5-6,9,11H,2-4H2,1H3,(H,12,13). The molecule has 3 unspecified atom stereocenters. The fraction of sp³-hybridized carbons (Fsp3) is 0.875. The Balaban J connectivity index is 2.18. The Kier molecular flexibility index (Phi) is 1.75. The highest BCUT2D eigenvalue weighted by molar-refractivity contribution is 5.66. The molecule has 13 heavy (non-hydrogen) atoms. The Hall–Kier alpha value is -0.810. The first-order valence-corrected chi connectivity index (χ1v) is 4.42. The highest BCUT2D eigenvalue weighted by atomic mass is 16.4. The van der Waals surface area contributed by atoms with Crippen LogP contribution < -0.4 is 5.32 Å². The first kappa shape index (κ1) is 8.77. The van der Waals surface area contributed by atoms with E-state index >= 15 is 0 Å². The van der Waals surface area contributed by atoms with E-state index in [2.05, 4.69) is 5.32 Å². The van der Waals surface area contributed by atoms with Gasteiger partial charge in [0.25, 0.3) is 0 Å². The summed E-state index contributed by atoms with van der Waals surface area (Å²) >= 11 is 0. The molecule has 2 aliphatic heterocycles. The zero-order chi connectivity index (χ0) is 9.64. The van der Waals surface area contributed by atoms with Gasteiger partial charge in [0.15, 0.2) is 0 Å². The van der Waals surface area contributed by atoms with E-state index in [1.165, 1.54) is 4.90 Å². The molecule has 74 valence electrons. The molecule has 0 spiro atoms. The summed E-state index contributed by atoms with van der Waals surface area (Å²) in [6.07, 6.45) is -0.881. The van der Waals surface area contributed by atoms with Crippen LogP contribution in [-0.4, -0.2) is 53.0 Å². The molecule has 0 aromatic rings. The highest BCUT2D eigenvalue weighted by Crippen LogP contribution is 2.38. The molecule has 0 aromatic carbocycles. The first-order valence-electron chi connectivity index (χ1n) is 4.42. The van der Waals surface area contributed by atoms with Crippen molar-refractivity contribution in [3.8, 4) is 0 Å². The normalized spacial score (nSPS) is 42.8. The van der Waals surface area contributed by atoms with Crippen LogP contribution >= 0.6 is 0 Å². The van der Waals surface area contributed by atoms with Crippen LogP contribution in [0.25, 0.3) is 0 Å². The van der Waals surface area contributed by atoms with Crippen LogP contribution in [0.5, 0.6) is 0 Å². The Bertz CT molecular complexity index is 246. The Morgan fingerprint density at radius 3 is 2.69 bits per heavy atom. The molecule has 0 aromatic heterocycles. The SMILES string of the molecule is CC1(CO)CN(C(=O)O)C2CNC21. The van der Waals surface area contributed by atoms with Gasteiger partial charge in [0.05, 0.1) is 12.6 Å². The van der Waals surface area contributed by atoms with Crippen molar-refractivity contribution in [2.75, 3.05) is 19.7 Å². The fourth-order valence-corrected chi connectivity index (χ4v) is 2.30. The van der Waals surface area contributed by atoms with Gasteiger partial charge in [-0.2, -0.15) is 0 Å². The van der Waals surface area contributed by atoms with Gasteiger partial charge in [-0.1, -0.05) is 6.92 Å². The van der Waals surface area contributed by atoms with Crippen molar-refractivity contribution in [1.29, 1.82) is 0 Å². The van der Waals surface area contributed by atoms with Crippen molar-refractivity contribution >= 4 is 6.09 Å². The van der Waals surface area contributed by atoms with Crippen molar-refractivity contribution in [3.63, 3.8) is 0 Å². The van der Waals surface area contributed by atoms with Crippen LogP contribution in [0.2, 0.25) is 0 Å². The summed E-state index contributed by atoms with van der Waals surface area (Å²) < 4.78 is 0. The van der Waals surface area contributed by atoms with Gasteiger partial charge in [-0.3, -0.25) is 0 Å². The monoisotopic (exact) mass is 186 g/mol. The molecule has 3 N–H and O–H groups in total. The molecule has 2 fully saturated rings. The van der Waals surface area contributed by atoms with Crippen LogP contribution in [0.15, 0.2) is 0 Å². The van der Waals surface area contributed by atoms with Gasteiger partial charge >= 0.3 is 6.09 Å². The quantitative estimate of drug-likeness (QED) is 0.507. The van der Waals surface area contributed by atoms with Gasteiger partial charge in [-0.25, -0.2) is 4.79 Å². The van der Waals surface area contributed by atoms with Gasteiger partial charge in [0.1, 0.15) is 0 Å². The molecular formula is C8H14N2O3.